The molecule has 2 rings (SSSR count). The van der Waals surface area contributed by atoms with E-state index in [-0.39, 0.29) is 11.3 Å². The smallest absolute Gasteiger partial charge is 0.489 e. The molecule has 29 heavy (non-hydrogen) atoms. The van der Waals surface area contributed by atoms with Crippen LogP contribution in [0.4, 0.5) is 22.0 Å². The molecule has 2 aromatic rings. The van der Waals surface area contributed by atoms with Crippen molar-refractivity contribution in [1.82, 2.24) is 4.72 Å². The third-order valence-electron chi connectivity index (χ3n) is 3.18. The second-order valence-electron chi connectivity index (χ2n) is 5.56. The average molecular weight is 460 g/mol. The van der Waals surface area contributed by atoms with Gasteiger partial charge in [0.2, 0.25) is 10.0 Å². The molecule has 0 spiro atoms. The lowest BCUT2D eigenvalue weighted by Gasteiger charge is -2.13. The Morgan fingerprint density at radius 2 is 1.79 bits per heavy atom. The fraction of sp³-hybridized carbons (Fsp3) is 0.188. The minimum Gasteiger partial charge on any atom is -0.489 e. The number of benzene rings is 2. The number of ether oxygens (including phenoxy) is 2. The van der Waals surface area contributed by atoms with E-state index in [1.165, 1.54) is 4.72 Å². The molecule has 158 valence electrons. The summed E-state index contributed by atoms with van der Waals surface area (Å²) in [6.07, 6.45) is -4.28. The Labute approximate surface area is 166 Å². The summed E-state index contributed by atoms with van der Waals surface area (Å²) in [6, 6.07) is 4.03. The lowest BCUT2D eigenvalue weighted by Crippen LogP contribution is -2.30. The highest BCUT2D eigenvalue weighted by atomic mass is 35.5. The van der Waals surface area contributed by atoms with Crippen LogP contribution in [0.5, 0.6) is 11.5 Å². The average Bonchev–Trinajstić information content (AvgIpc) is 2.54. The summed E-state index contributed by atoms with van der Waals surface area (Å²) >= 11 is 5.65. The van der Waals surface area contributed by atoms with Crippen LogP contribution in [0.25, 0.3) is 0 Å². The van der Waals surface area contributed by atoms with E-state index >= 15 is 0 Å². The van der Waals surface area contributed by atoms with Crippen molar-refractivity contribution in [3.63, 3.8) is 0 Å². The molecule has 0 atom stereocenters. The predicted molar refractivity (Wildman–Crippen MR) is 91.1 cm³/mol. The van der Waals surface area contributed by atoms with Crippen molar-refractivity contribution < 1.29 is 44.6 Å². The Morgan fingerprint density at radius 1 is 1.14 bits per heavy atom. The number of hydrogen-bond donors (Lipinski definition) is 1. The molecule has 0 aliphatic heterocycles. The van der Waals surface area contributed by atoms with Gasteiger partial charge in [0.05, 0.1) is 16.8 Å². The summed E-state index contributed by atoms with van der Waals surface area (Å²) < 4.78 is 97.1. The van der Waals surface area contributed by atoms with Gasteiger partial charge in [-0.15, -0.1) is 13.2 Å². The highest BCUT2D eigenvalue weighted by molar-refractivity contribution is 7.89. The SMILES string of the molecule is CS(=O)(=O)NC(=O)c1cc(F)c(COc2ccc(OC(F)(F)F)c(Cl)c2)cc1F. The monoisotopic (exact) mass is 459 g/mol. The molecule has 0 saturated carbocycles. The van der Waals surface area contributed by atoms with Crippen LogP contribution in [0.1, 0.15) is 15.9 Å². The van der Waals surface area contributed by atoms with Gasteiger partial charge in [-0.25, -0.2) is 21.9 Å². The van der Waals surface area contributed by atoms with Crippen LogP contribution in [0.15, 0.2) is 30.3 Å². The molecule has 0 bridgehead atoms. The van der Waals surface area contributed by atoms with Gasteiger partial charge in [0.15, 0.2) is 0 Å². The summed E-state index contributed by atoms with van der Waals surface area (Å²) in [6.45, 7) is -0.563. The Kier molecular flexibility index (Phi) is 6.58. The van der Waals surface area contributed by atoms with E-state index in [0.717, 1.165) is 18.2 Å². The summed E-state index contributed by atoms with van der Waals surface area (Å²) in [4.78, 5) is 11.7. The molecule has 0 aliphatic rings. The molecule has 0 fully saturated rings. The van der Waals surface area contributed by atoms with E-state index in [2.05, 4.69) is 4.74 Å². The van der Waals surface area contributed by atoms with Crippen LogP contribution in [0.2, 0.25) is 5.02 Å². The summed E-state index contributed by atoms with van der Waals surface area (Å²) in [5.74, 6) is -4.39. The van der Waals surface area contributed by atoms with Crippen LogP contribution in [0.3, 0.4) is 0 Å². The molecule has 2 aromatic carbocycles. The first kappa shape index (κ1) is 22.7. The predicted octanol–water partition coefficient (Wildman–Crippen LogP) is 3.79. The maximum absolute atomic E-state index is 14.1. The number of rotatable bonds is 6. The third-order valence-corrected chi connectivity index (χ3v) is 4.03. The number of amides is 1. The summed E-state index contributed by atoms with van der Waals surface area (Å²) in [5.41, 5.74) is -1.18. The van der Waals surface area contributed by atoms with Gasteiger partial charge in [-0.05, 0) is 24.3 Å². The maximum Gasteiger partial charge on any atom is 0.573 e. The molecule has 0 heterocycles. The maximum atomic E-state index is 14.1. The number of halogens is 6. The van der Waals surface area contributed by atoms with Gasteiger partial charge in [0, 0.05) is 11.6 Å². The molecule has 6 nitrogen and oxygen atoms in total. The van der Waals surface area contributed by atoms with Gasteiger partial charge in [-0.1, -0.05) is 11.6 Å². The molecule has 1 N–H and O–H groups in total. The fourth-order valence-electron chi connectivity index (χ4n) is 2.04. The van der Waals surface area contributed by atoms with Crippen molar-refractivity contribution in [2.75, 3.05) is 6.26 Å². The first-order valence-corrected chi connectivity index (χ1v) is 9.70. The van der Waals surface area contributed by atoms with Gasteiger partial charge in [-0.3, -0.25) is 4.79 Å². The van der Waals surface area contributed by atoms with Gasteiger partial charge >= 0.3 is 6.36 Å². The number of nitrogens with one attached hydrogen (secondary N) is 1. The highest BCUT2D eigenvalue weighted by Gasteiger charge is 2.32. The highest BCUT2D eigenvalue weighted by Crippen LogP contribution is 2.33. The Balaban J connectivity index is 2.14. The molecule has 0 aromatic heterocycles. The minimum absolute atomic E-state index is 0.0665. The van der Waals surface area contributed by atoms with Crippen molar-refractivity contribution >= 4 is 27.5 Å². The van der Waals surface area contributed by atoms with E-state index in [1.807, 2.05) is 0 Å². The molecular weight excluding hydrogens is 449 g/mol. The topological polar surface area (TPSA) is 81.7 Å². The standard InChI is InChI=1S/C16H11ClF5NO5S/c1-29(25,26)23-15(24)10-6-12(18)8(4-13(10)19)7-27-9-2-3-14(11(17)5-9)28-16(20,21)22/h2-6H,7H2,1H3,(H,23,24). The van der Waals surface area contributed by atoms with E-state index < -0.39 is 56.9 Å². The number of alkyl halides is 3. The van der Waals surface area contributed by atoms with E-state index in [0.29, 0.717) is 18.4 Å². The summed E-state index contributed by atoms with van der Waals surface area (Å²) in [7, 11) is -3.98. The lowest BCUT2D eigenvalue weighted by atomic mass is 10.1. The number of hydrogen-bond acceptors (Lipinski definition) is 5. The second kappa shape index (κ2) is 8.41. The van der Waals surface area contributed by atoms with E-state index in [9.17, 15) is 35.2 Å². The fourth-order valence-corrected chi connectivity index (χ4v) is 2.69. The van der Waals surface area contributed by atoms with Crippen molar-refractivity contribution in [3.8, 4) is 11.5 Å². The Morgan fingerprint density at radius 3 is 2.34 bits per heavy atom. The Hall–Kier alpha value is -2.60. The van der Waals surface area contributed by atoms with Gasteiger partial charge in [-0.2, -0.15) is 0 Å². The van der Waals surface area contributed by atoms with Gasteiger partial charge in [0.1, 0.15) is 29.7 Å². The molecule has 1 amide bonds. The molecule has 0 aliphatic carbocycles. The van der Waals surface area contributed by atoms with Gasteiger partial charge in [0.25, 0.3) is 5.91 Å². The second-order valence-corrected chi connectivity index (χ2v) is 7.71. The molecule has 0 saturated heterocycles. The molecule has 0 radical (unpaired) electrons. The Bertz CT molecular complexity index is 1040. The van der Waals surface area contributed by atoms with E-state index in [4.69, 9.17) is 16.3 Å². The van der Waals surface area contributed by atoms with Crippen molar-refractivity contribution in [3.05, 3.63) is 58.1 Å². The lowest BCUT2D eigenvalue weighted by molar-refractivity contribution is -0.274. The van der Waals surface area contributed by atoms with Crippen LogP contribution in [-0.2, 0) is 16.6 Å². The van der Waals surface area contributed by atoms with Crippen molar-refractivity contribution in [1.29, 1.82) is 0 Å². The van der Waals surface area contributed by atoms with Crippen molar-refractivity contribution in [2.24, 2.45) is 0 Å². The zero-order valence-electron chi connectivity index (χ0n) is 14.3. The van der Waals surface area contributed by atoms with E-state index in [1.54, 1.807) is 0 Å². The van der Waals surface area contributed by atoms with Gasteiger partial charge < -0.3 is 9.47 Å². The summed E-state index contributed by atoms with van der Waals surface area (Å²) in [5, 5.41) is -0.431. The first-order chi connectivity index (χ1) is 13.2. The van der Waals surface area contributed by atoms with Crippen LogP contribution >= 0.6 is 11.6 Å². The number of carbonyl (C=O) groups excluding carboxylic acids is 1. The number of carbonyl (C=O) groups is 1. The van der Waals surface area contributed by atoms with Crippen molar-refractivity contribution in [2.45, 2.75) is 13.0 Å². The molecular formula is C16H11ClF5NO5S. The van der Waals surface area contributed by atoms with Crippen LogP contribution in [0, 0.1) is 11.6 Å². The molecule has 0 unspecified atom stereocenters. The quantitative estimate of drug-likeness (QED) is 0.665. The van der Waals surface area contributed by atoms with Crippen LogP contribution < -0.4 is 14.2 Å². The zero-order chi connectivity index (χ0) is 22.0. The normalized spacial score (nSPS) is 11.8. The number of sulfonamides is 1. The zero-order valence-corrected chi connectivity index (χ0v) is 15.9. The third kappa shape index (κ3) is 6.75. The van der Waals surface area contributed by atoms with Crippen LogP contribution in [-0.4, -0.2) is 26.9 Å². The minimum atomic E-state index is -4.95. The first-order valence-electron chi connectivity index (χ1n) is 7.43. The molecule has 13 heteroatoms. The largest absolute Gasteiger partial charge is 0.573 e.